The van der Waals surface area contributed by atoms with Crippen LogP contribution in [0.3, 0.4) is 0 Å². The highest BCUT2D eigenvalue weighted by Gasteiger charge is 2.33. The smallest absolute Gasteiger partial charge is 0.292 e. The molecule has 1 fully saturated rings. The summed E-state index contributed by atoms with van der Waals surface area (Å²) in [5, 5.41) is 0.700. The number of halogens is 1. The molecule has 138 valence electrons. The van der Waals surface area contributed by atoms with Crippen molar-refractivity contribution in [3.05, 3.63) is 77.0 Å². The maximum Gasteiger partial charge on any atom is 0.292 e. The second-order valence-electron chi connectivity index (χ2n) is 6.52. The van der Waals surface area contributed by atoms with Gasteiger partial charge in [0.1, 0.15) is 11.8 Å². The maximum atomic E-state index is 12.8. The normalized spacial score (nSPS) is 17.1. The highest BCUT2D eigenvalue weighted by molar-refractivity contribution is 6.31. The van der Waals surface area contributed by atoms with Gasteiger partial charge in [-0.15, -0.1) is 0 Å². The zero-order valence-electron chi connectivity index (χ0n) is 14.7. The van der Waals surface area contributed by atoms with E-state index in [0.717, 1.165) is 30.6 Å². The van der Waals surface area contributed by atoms with Gasteiger partial charge in [-0.3, -0.25) is 4.79 Å². The van der Waals surface area contributed by atoms with E-state index in [2.05, 4.69) is 15.0 Å². The fraction of sp³-hybridized carbons (Fsp3) is 0.300. The van der Waals surface area contributed by atoms with Gasteiger partial charge in [0.2, 0.25) is 11.7 Å². The third kappa shape index (κ3) is 3.85. The van der Waals surface area contributed by atoms with Crippen molar-refractivity contribution in [1.29, 1.82) is 0 Å². The molecule has 6 nitrogen and oxygen atoms in total. The number of hydrogen-bond donors (Lipinski definition) is 0. The lowest BCUT2D eigenvalue weighted by Crippen LogP contribution is -2.39. The topological polar surface area (TPSA) is 72.1 Å². The molecule has 4 rings (SSSR count). The lowest BCUT2D eigenvalue weighted by atomic mass is 10.0. The van der Waals surface area contributed by atoms with E-state index < -0.39 is 0 Å². The molecule has 1 saturated heterocycles. The Bertz CT molecular complexity index is 928. The third-order valence-corrected chi connectivity index (χ3v) is 5.07. The summed E-state index contributed by atoms with van der Waals surface area (Å²) in [4.78, 5) is 27.2. The van der Waals surface area contributed by atoms with Gasteiger partial charge < -0.3 is 9.32 Å². The Hall–Kier alpha value is -2.73. The predicted molar refractivity (Wildman–Crippen MR) is 100 cm³/mol. The first-order chi connectivity index (χ1) is 13.2. The Morgan fingerprint density at radius 2 is 1.96 bits per heavy atom. The Balaban J connectivity index is 1.55. The fourth-order valence-electron chi connectivity index (χ4n) is 3.36. The molecular formula is C20H19ClN4O2. The average Bonchev–Trinajstić information content (AvgIpc) is 3.18. The molecule has 1 aliphatic rings. The van der Waals surface area contributed by atoms with E-state index in [4.69, 9.17) is 16.0 Å². The van der Waals surface area contributed by atoms with Gasteiger partial charge in [-0.1, -0.05) is 29.8 Å². The van der Waals surface area contributed by atoms with E-state index in [9.17, 15) is 4.79 Å². The molecule has 1 unspecified atom stereocenters. The predicted octanol–water partition coefficient (Wildman–Crippen LogP) is 4.08. The molecule has 3 heterocycles. The van der Waals surface area contributed by atoms with Crippen molar-refractivity contribution in [1.82, 2.24) is 19.9 Å². The van der Waals surface area contributed by atoms with Gasteiger partial charge in [-0.05, 0) is 37.0 Å². The molecule has 0 saturated carbocycles. The highest BCUT2D eigenvalue weighted by Crippen LogP contribution is 2.32. The van der Waals surface area contributed by atoms with E-state index in [1.54, 1.807) is 29.6 Å². The number of benzene rings is 1. The van der Waals surface area contributed by atoms with Crippen LogP contribution in [0.15, 0.2) is 53.3 Å². The van der Waals surface area contributed by atoms with Crippen LogP contribution in [0.4, 0.5) is 0 Å². The molecule has 0 bridgehead atoms. The van der Waals surface area contributed by atoms with Crippen molar-refractivity contribution in [2.24, 2.45) is 0 Å². The second-order valence-corrected chi connectivity index (χ2v) is 6.92. The molecule has 0 radical (unpaired) electrons. The molecule has 1 amide bonds. The van der Waals surface area contributed by atoms with Crippen LogP contribution < -0.4 is 0 Å². The molecule has 2 aromatic heterocycles. The second kappa shape index (κ2) is 7.88. The number of amides is 1. The number of nitrogens with zero attached hydrogens (tertiary/aromatic N) is 4. The Kier molecular flexibility index (Phi) is 5.16. The molecule has 0 N–H and O–H groups in total. The van der Waals surface area contributed by atoms with E-state index >= 15 is 0 Å². The first kappa shape index (κ1) is 17.7. The number of piperidine rings is 1. The molecule has 1 atom stereocenters. The molecule has 7 heteroatoms. The molecule has 0 aliphatic carbocycles. The summed E-state index contributed by atoms with van der Waals surface area (Å²) in [5.41, 5.74) is 0.983. The highest BCUT2D eigenvalue weighted by atomic mass is 35.5. The van der Waals surface area contributed by atoms with Gasteiger partial charge in [-0.2, -0.15) is 0 Å². The Morgan fingerprint density at radius 1 is 1.15 bits per heavy atom. The molecular weight excluding hydrogens is 364 g/mol. The lowest BCUT2D eigenvalue weighted by Gasteiger charge is -2.33. The largest absolute Gasteiger partial charge is 0.443 e. The SMILES string of the molecule is O=C(c1ncccn1)N1CCCCC1c1ncc(Cc2ccccc2Cl)o1. The average molecular weight is 383 g/mol. The van der Waals surface area contributed by atoms with Crippen LogP contribution in [0.25, 0.3) is 0 Å². The maximum absolute atomic E-state index is 12.8. The van der Waals surface area contributed by atoms with E-state index in [1.807, 2.05) is 24.3 Å². The van der Waals surface area contributed by atoms with E-state index in [0.29, 0.717) is 23.9 Å². The van der Waals surface area contributed by atoms with Crippen molar-refractivity contribution in [2.45, 2.75) is 31.7 Å². The zero-order valence-corrected chi connectivity index (χ0v) is 15.5. The van der Waals surface area contributed by atoms with Gasteiger partial charge in [0, 0.05) is 30.4 Å². The zero-order chi connectivity index (χ0) is 18.6. The number of carbonyl (C=O) groups excluding carboxylic acids is 1. The summed E-state index contributed by atoms with van der Waals surface area (Å²) in [6.45, 7) is 0.643. The van der Waals surface area contributed by atoms with Crippen LogP contribution in [0.1, 0.15) is 53.1 Å². The van der Waals surface area contributed by atoms with Crippen LogP contribution >= 0.6 is 11.6 Å². The standard InChI is InChI=1S/C20H19ClN4O2/c21-16-7-2-1-6-14(16)12-15-13-24-19(27-15)17-8-3-4-11-25(17)20(26)18-22-9-5-10-23-18/h1-2,5-7,9-10,13,17H,3-4,8,11-12H2. The molecule has 27 heavy (non-hydrogen) atoms. The van der Waals surface area contributed by atoms with Crippen LogP contribution in [-0.2, 0) is 6.42 Å². The first-order valence-corrected chi connectivity index (χ1v) is 9.36. The van der Waals surface area contributed by atoms with Crippen molar-refractivity contribution in [2.75, 3.05) is 6.54 Å². The van der Waals surface area contributed by atoms with Gasteiger partial charge in [0.25, 0.3) is 5.91 Å². The van der Waals surface area contributed by atoms with Crippen LogP contribution in [-0.4, -0.2) is 32.3 Å². The number of carbonyl (C=O) groups is 1. The summed E-state index contributed by atoms with van der Waals surface area (Å²) in [6.07, 6.45) is 8.21. The molecule has 3 aromatic rings. The van der Waals surface area contributed by atoms with Crippen LogP contribution in [0, 0.1) is 0 Å². The minimum Gasteiger partial charge on any atom is -0.443 e. The van der Waals surface area contributed by atoms with Crippen molar-refractivity contribution in [3.8, 4) is 0 Å². The number of oxazole rings is 1. The molecule has 1 aliphatic heterocycles. The summed E-state index contributed by atoms with van der Waals surface area (Å²) >= 11 is 6.23. The third-order valence-electron chi connectivity index (χ3n) is 4.70. The molecule has 1 aromatic carbocycles. The Labute approximate surface area is 162 Å². The van der Waals surface area contributed by atoms with Gasteiger partial charge in [0.15, 0.2) is 0 Å². The van der Waals surface area contributed by atoms with Crippen LogP contribution in [0.2, 0.25) is 5.02 Å². The summed E-state index contributed by atoms with van der Waals surface area (Å²) in [6, 6.07) is 9.16. The minimum absolute atomic E-state index is 0.189. The van der Waals surface area contributed by atoms with Gasteiger partial charge in [0.05, 0.1) is 6.20 Å². The van der Waals surface area contributed by atoms with E-state index in [-0.39, 0.29) is 17.8 Å². The number of hydrogen-bond acceptors (Lipinski definition) is 5. The lowest BCUT2D eigenvalue weighted by molar-refractivity contribution is 0.0557. The molecule has 0 spiro atoms. The van der Waals surface area contributed by atoms with Crippen molar-refractivity contribution >= 4 is 17.5 Å². The summed E-state index contributed by atoms with van der Waals surface area (Å²) in [7, 11) is 0. The van der Waals surface area contributed by atoms with Crippen molar-refractivity contribution < 1.29 is 9.21 Å². The number of likely N-dealkylation sites (tertiary alicyclic amines) is 1. The quantitative estimate of drug-likeness (QED) is 0.679. The summed E-state index contributed by atoms with van der Waals surface area (Å²) in [5.74, 6) is 1.30. The van der Waals surface area contributed by atoms with Crippen molar-refractivity contribution in [3.63, 3.8) is 0 Å². The van der Waals surface area contributed by atoms with Gasteiger partial charge in [-0.25, -0.2) is 15.0 Å². The minimum atomic E-state index is -0.199. The number of aromatic nitrogens is 3. The fourth-order valence-corrected chi connectivity index (χ4v) is 3.56. The van der Waals surface area contributed by atoms with Crippen LogP contribution in [0.5, 0.6) is 0 Å². The number of rotatable bonds is 4. The summed E-state index contributed by atoms with van der Waals surface area (Å²) < 4.78 is 5.99. The van der Waals surface area contributed by atoms with Gasteiger partial charge >= 0.3 is 0 Å². The Morgan fingerprint density at radius 3 is 2.78 bits per heavy atom. The monoisotopic (exact) mass is 382 g/mol. The first-order valence-electron chi connectivity index (χ1n) is 8.98. The van der Waals surface area contributed by atoms with E-state index in [1.165, 1.54) is 0 Å².